The summed E-state index contributed by atoms with van der Waals surface area (Å²) in [5.74, 6) is -0.200. The van der Waals surface area contributed by atoms with Gasteiger partial charge in [0.2, 0.25) is 5.91 Å². The summed E-state index contributed by atoms with van der Waals surface area (Å²) in [5, 5.41) is 13.6. The van der Waals surface area contributed by atoms with E-state index in [1.807, 2.05) is 18.4 Å². The van der Waals surface area contributed by atoms with Crippen LogP contribution in [0.1, 0.15) is 41.9 Å². The van der Waals surface area contributed by atoms with E-state index in [4.69, 9.17) is 0 Å². The Morgan fingerprint density at radius 3 is 3.05 bits per heavy atom. The molecule has 6 heteroatoms. The fourth-order valence-corrected chi connectivity index (χ4v) is 4.58. The zero-order chi connectivity index (χ0) is 14.5. The molecule has 0 spiro atoms. The minimum atomic E-state index is -0.946. The van der Waals surface area contributed by atoms with Gasteiger partial charge in [-0.1, -0.05) is 19.8 Å². The molecule has 2 N–H and O–H groups in total. The molecule has 1 aromatic heterocycles. The van der Waals surface area contributed by atoms with Crippen molar-refractivity contribution in [1.29, 1.82) is 0 Å². The Morgan fingerprint density at radius 1 is 1.55 bits per heavy atom. The Hall–Kier alpha value is -1.01. The highest BCUT2D eigenvalue weighted by molar-refractivity contribution is 8.00. The van der Waals surface area contributed by atoms with Crippen LogP contribution in [0.15, 0.2) is 11.4 Å². The average Bonchev–Trinajstić information content (AvgIpc) is 2.90. The van der Waals surface area contributed by atoms with Crippen LogP contribution in [0.25, 0.3) is 0 Å². The second-order valence-corrected chi connectivity index (χ2v) is 7.06. The van der Waals surface area contributed by atoms with Crippen LogP contribution in [-0.2, 0) is 16.0 Å². The number of rotatable bonds is 6. The van der Waals surface area contributed by atoms with Gasteiger partial charge in [-0.3, -0.25) is 4.79 Å². The molecule has 2 atom stereocenters. The minimum Gasteiger partial charge on any atom is -0.480 e. The Labute approximate surface area is 127 Å². The Morgan fingerprint density at radius 2 is 2.35 bits per heavy atom. The number of aliphatic carboxylic acids is 1. The van der Waals surface area contributed by atoms with E-state index in [0.29, 0.717) is 6.42 Å². The maximum Gasteiger partial charge on any atom is 0.326 e. The minimum absolute atomic E-state index is 0.169. The van der Waals surface area contributed by atoms with E-state index < -0.39 is 12.0 Å². The van der Waals surface area contributed by atoms with Gasteiger partial charge in [0.05, 0.1) is 0 Å². The van der Waals surface area contributed by atoms with Crippen molar-refractivity contribution in [2.45, 2.75) is 43.9 Å². The lowest BCUT2D eigenvalue weighted by molar-refractivity contribution is -0.142. The third kappa shape index (κ3) is 3.55. The summed E-state index contributed by atoms with van der Waals surface area (Å²) in [7, 11) is 0. The molecule has 1 aromatic rings. The summed E-state index contributed by atoms with van der Waals surface area (Å²) in [5.41, 5.74) is 1.06. The number of carbonyl (C=O) groups is 2. The van der Waals surface area contributed by atoms with Crippen LogP contribution in [-0.4, -0.2) is 28.8 Å². The summed E-state index contributed by atoms with van der Waals surface area (Å²) in [6, 6.07) is 1.21. The van der Waals surface area contributed by atoms with Crippen molar-refractivity contribution in [2.24, 2.45) is 0 Å². The third-order valence-electron chi connectivity index (χ3n) is 3.38. The maximum absolute atomic E-state index is 12.3. The second kappa shape index (κ2) is 7.13. The number of hydrogen-bond acceptors (Lipinski definition) is 4. The van der Waals surface area contributed by atoms with E-state index in [0.717, 1.165) is 30.6 Å². The van der Waals surface area contributed by atoms with E-state index in [-0.39, 0.29) is 11.2 Å². The largest absolute Gasteiger partial charge is 0.480 e. The Bertz CT molecular complexity index is 487. The van der Waals surface area contributed by atoms with Crippen molar-refractivity contribution in [3.8, 4) is 0 Å². The highest BCUT2D eigenvalue weighted by Crippen LogP contribution is 2.39. The summed E-state index contributed by atoms with van der Waals surface area (Å²) >= 11 is 3.27. The number of fused-ring (bicyclic) bond motifs is 1. The number of carbonyl (C=O) groups excluding carboxylic acids is 1. The molecule has 1 aliphatic rings. The molecule has 0 radical (unpaired) electrons. The zero-order valence-corrected chi connectivity index (χ0v) is 13.1. The monoisotopic (exact) mass is 313 g/mol. The van der Waals surface area contributed by atoms with Gasteiger partial charge in [0, 0.05) is 4.88 Å². The quantitative estimate of drug-likeness (QED) is 0.847. The number of carboxylic acids is 1. The molecule has 110 valence electrons. The van der Waals surface area contributed by atoms with E-state index in [1.54, 1.807) is 23.1 Å². The van der Waals surface area contributed by atoms with Gasteiger partial charge >= 0.3 is 5.97 Å². The molecule has 1 aliphatic heterocycles. The van der Waals surface area contributed by atoms with Crippen LogP contribution in [0.2, 0.25) is 0 Å². The molecule has 1 unspecified atom stereocenters. The molecular formula is C14H19NO3S2. The van der Waals surface area contributed by atoms with E-state index in [2.05, 4.69) is 5.32 Å². The number of aryl methyl sites for hydroxylation is 1. The van der Waals surface area contributed by atoms with Gasteiger partial charge in [0.25, 0.3) is 0 Å². The average molecular weight is 313 g/mol. The number of unbranched alkanes of at least 4 members (excludes halogenated alkanes) is 1. The zero-order valence-electron chi connectivity index (χ0n) is 11.4. The van der Waals surface area contributed by atoms with E-state index in [9.17, 15) is 14.7 Å². The maximum atomic E-state index is 12.3. The standard InChI is InChI=1S/C14H19NO3S2/c1-2-3-4-10(14(17)18)15-13(16)12-9-5-7-19-11(9)6-8-20-12/h5,7,10,12H,2-4,6,8H2,1H3,(H,15,16)(H,17,18)/t10-,12?/m0/s1. The van der Waals surface area contributed by atoms with Crippen LogP contribution >= 0.6 is 23.1 Å². The van der Waals surface area contributed by atoms with E-state index in [1.165, 1.54) is 4.88 Å². The summed E-state index contributed by atoms with van der Waals surface area (Å²) in [6.45, 7) is 2.01. The lowest BCUT2D eigenvalue weighted by Gasteiger charge is -2.23. The Kier molecular flexibility index (Phi) is 5.48. The molecule has 0 bridgehead atoms. The Balaban J connectivity index is 2.03. The van der Waals surface area contributed by atoms with Crippen molar-refractivity contribution in [3.63, 3.8) is 0 Å². The predicted molar refractivity (Wildman–Crippen MR) is 82.3 cm³/mol. The summed E-state index contributed by atoms with van der Waals surface area (Å²) < 4.78 is 0. The first-order valence-corrected chi connectivity index (χ1v) is 8.77. The van der Waals surface area contributed by atoms with Gasteiger partial charge in [-0.05, 0) is 35.6 Å². The first-order chi connectivity index (χ1) is 9.63. The topological polar surface area (TPSA) is 66.4 Å². The molecule has 20 heavy (non-hydrogen) atoms. The molecule has 1 amide bonds. The van der Waals surface area contributed by atoms with Gasteiger partial charge in [-0.25, -0.2) is 4.79 Å². The lowest BCUT2D eigenvalue weighted by atomic mass is 10.1. The first-order valence-electron chi connectivity index (χ1n) is 6.84. The van der Waals surface area contributed by atoms with Crippen LogP contribution < -0.4 is 5.32 Å². The SMILES string of the molecule is CCCC[C@H](NC(=O)C1SCCc2sccc21)C(=O)O. The van der Waals surface area contributed by atoms with Crippen LogP contribution in [0, 0.1) is 0 Å². The van der Waals surface area contributed by atoms with Crippen molar-refractivity contribution in [1.82, 2.24) is 5.32 Å². The first kappa shape index (κ1) is 15.4. The molecule has 0 saturated carbocycles. The molecule has 0 aliphatic carbocycles. The van der Waals surface area contributed by atoms with Gasteiger partial charge in [0.1, 0.15) is 11.3 Å². The highest BCUT2D eigenvalue weighted by Gasteiger charge is 2.30. The fourth-order valence-electron chi connectivity index (χ4n) is 2.28. The predicted octanol–water partition coefficient (Wildman–Crippen LogP) is 2.84. The molecule has 4 nitrogen and oxygen atoms in total. The second-order valence-electron chi connectivity index (χ2n) is 4.84. The molecule has 0 saturated heterocycles. The van der Waals surface area contributed by atoms with Crippen molar-refractivity contribution >= 4 is 35.0 Å². The van der Waals surface area contributed by atoms with Crippen LogP contribution in [0.4, 0.5) is 0 Å². The smallest absolute Gasteiger partial charge is 0.326 e. The molecule has 2 rings (SSSR count). The number of thiophene rings is 1. The summed E-state index contributed by atoms with van der Waals surface area (Å²) in [4.78, 5) is 24.8. The molecule has 2 heterocycles. The summed E-state index contributed by atoms with van der Waals surface area (Å²) in [6.07, 6.45) is 3.22. The number of thioether (sulfide) groups is 1. The van der Waals surface area contributed by atoms with Gasteiger partial charge < -0.3 is 10.4 Å². The van der Waals surface area contributed by atoms with Gasteiger partial charge in [0.15, 0.2) is 0 Å². The molecule has 0 fully saturated rings. The third-order valence-corrected chi connectivity index (χ3v) is 5.61. The van der Waals surface area contributed by atoms with E-state index >= 15 is 0 Å². The van der Waals surface area contributed by atoms with Crippen molar-refractivity contribution < 1.29 is 14.7 Å². The fraction of sp³-hybridized carbons (Fsp3) is 0.571. The lowest BCUT2D eigenvalue weighted by Crippen LogP contribution is -2.42. The number of nitrogens with one attached hydrogen (secondary N) is 1. The number of hydrogen-bond donors (Lipinski definition) is 2. The highest BCUT2D eigenvalue weighted by atomic mass is 32.2. The van der Waals surface area contributed by atoms with Crippen LogP contribution in [0.3, 0.4) is 0 Å². The van der Waals surface area contributed by atoms with Crippen molar-refractivity contribution in [2.75, 3.05) is 5.75 Å². The van der Waals surface area contributed by atoms with Crippen molar-refractivity contribution in [3.05, 3.63) is 21.9 Å². The molecular weight excluding hydrogens is 294 g/mol. The van der Waals surface area contributed by atoms with Gasteiger partial charge in [-0.2, -0.15) is 0 Å². The molecule has 0 aromatic carbocycles. The van der Waals surface area contributed by atoms with Crippen LogP contribution in [0.5, 0.6) is 0 Å². The number of amides is 1. The number of carboxylic acid groups (broad SMARTS) is 1. The van der Waals surface area contributed by atoms with Gasteiger partial charge in [-0.15, -0.1) is 23.1 Å². The normalized spacial score (nSPS) is 19.1.